The van der Waals surface area contributed by atoms with Crippen molar-refractivity contribution in [1.82, 2.24) is 30.6 Å². The number of tetrazole rings is 1. The van der Waals surface area contributed by atoms with E-state index in [0.29, 0.717) is 30.4 Å². The second kappa shape index (κ2) is 11.3. The largest absolute Gasteiger partial charge is 0.462 e. The van der Waals surface area contributed by atoms with Crippen LogP contribution in [0.4, 0.5) is 5.82 Å². The van der Waals surface area contributed by atoms with E-state index in [1.165, 1.54) is 0 Å². The van der Waals surface area contributed by atoms with Gasteiger partial charge in [0, 0.05) is 24.2 Å². The lowest BCUT2D eigenvalue weighted by atomic mass is 9.98. The maximum absolute atomic E-state index is 12.5. The number of nitrogens with one attached hydrogen (secondary N) is 2. The van der Waals surface area contributed by atoms with Crippen LogP contribution >= 0.6 is 0 Å². The van der Waals surface area contributed by atoms with Crippen molar-refractivity contribution in [2.45, 2.75) is 46.1 Å². The van der Waals surface area contributed by atoms with E-state index in [1.54, 1.807) is 13.1 Å². The van der Waals surface area contributed by atoms with E-state index in [4.69, 9.17) is 4.74 Å². The molecule has 2 aromatic heterocycles. The normalized spacial score (nSPS) is 11.7. The van der Waals surface area contributed by atoms with Crippen LogP contribution in [-0.4, -0.2) is 43.2 Å². The fourth-order valence-electron chi connectivity index (χ4n) is 3.89. The molecule has 0 aliphatic carbocycles. The molecule has 0 bridgehead atoms. The predicted octanol–water partition coefficient (Wildman–Crippen LogP) is 5.02. The van der Waals surface area contributed by atoms with Gasteiger partial charge < -0.3 is 10.1 Å². The Kier molecular flexibility index (Phi) is 7.77. The summed E-state index contributed by atoms with van der Waals surface area (Å²) in [4.78, 5) is 21.5. The minimum absolute atomic E-state index is 0.204. The summed E-state index contributed by atoms with van der Waals surface area (Å²) in [5.41, 5.74) is 4.39. The Balaban J connectivity index is 1.54. The lowest BCUT2D eigenvalue weighted by molar-refractivity contribution is 0.0526. The summed E-state index contributed by atoms with van der Waals surface area (Å²) < 4.78 is 5.20. The standard InChI is InChI=1S/C26H29N7O2/c1-4-8-17(3)23-28-16-22(26(34)35-5-2)24(29-23)27-15-18-11-13-19(14-12-18)20-9-6-7-10-21(20)25-30-32-33-31-25/h6-7,9-14,16-17H,4-5,8,15H2,1-3H3,(H,27,28,29)(H,30,31,32,33). The summed E-state index contributed by atoms with van der Waals surface area (Å²) in [6.45, 7) is 6.80. The van der Waals surface area contributed by atoms with Crippen molar-refractivity contribution >= 4 is 11.8 Å². The van der Waals surface area contributed by atoms with E-state index in [2.05, 4.69) is 61.9 Å². The molecule has 9 heteroatoms. The monoisotopic (exact) mass is 471 g/mol. The van der Waals surface area contributed by atoms with Crippen LogP contribution in [0.25, 0.3) is 22.5 Å². The number of esters is 1. The third-order valence-electron chi connectivity index (χ3n) is 5.72. The van der Waals surface area contributed by atoms with Crippen LogP contribution in [0, 0.1) is 0 Å². The fourth-order valence-corrected chi connectivity index (χ4v) is 3.89. The van der Waals surface area contributed by atoms with E-state index >= 15 is 0 Å². The molecule has 2 aromatic carbocycles. The van der Waals surface area contributed by atoms with E-state index in [9.17, 15) is 4.79 Å². The van der Waals surface area contributed by atoms with Gasteiger partial charge in [0.25, 0.3) is 0 Å². The van der Waals surface area contributed by atoms with Crippen molar-refractivity contribution in [2.24, 2.45) is 0 Å². The zero-order valence-electron chi connectivity index (χ0n) is 20.2. The smallest absolute Gasteiger partial charge is 0.343 e. The lowest BCUT2D eigenvalue weighted by Gasteiger charge is -2.15. The number of carbonyl (C=O) groups is 1. The molecule has 180 valence electrons. The van der Waals surface area contributed by atoms with E-state index in [0.717, 1.165) is 40.9 Å². The SMILES string of the molecule is CCCC(C)c1ncc(C(=O)OCC)c(NCc2ccc(-c3ccccc3-c3nnn[nH]3)cc2)n1. The number of nitrogens with zero attached hydrogens (tertiary/aromatic N) is 5. The Labute approximate surface area is 204 Å². The average molecular weight is 472 g/mol. The maximum Gasteiger partial charge on any atom is 0.343 e. The van der Waals surface area contributed by atoms with Crippen LogP contribution in [0.3, 0.4) is 0 Å². The van der Waals surface area contributed by atoms with Crippen molar-refractivity contribution < 1.29 is 9.53 Å². The molecule has 0 radical (unpaired) electrons. The molecular weight excluding hydrogens is 442 g/mol. The fraction of sp³-hybridized carbons (Fsp3) is 0.308. The van der Waals surface area contributed by atoms with Crippen LogP contribution in [0.2, 0.25) is 0 Å². The minimum atomic E-state index is -0.432. The third-order valence-corrected chi connectivity index (χ3v) is 5.72. The second-order valence-corrected chi connectivity index (χ2v) is 8.25. The average Bonchev–Trinajstić information content (AvgIpc) is 3.43. The predicted molar refractivity (Wildman–Crippen MR) is 134 cm³/mol. The van der Waals surface area contributed by atoms with Crippen LogP contribution < -0.4 is 5.32 Å². The van der Waals surface area contributed by atoms with E-state index in [1.807, 2.05) is 36.4 Å². The number of hydrogen-bond donors (Lipinski definition) is 2. The van der Waals surface area contributed by atoms with Gasteiger partial charge in [-0.2, -0.15) is 0 Å². The summed E-state index contributed by atoms with van der Waals surface area (Å²) in [5, 5.41) is 17.6. The number of anilines is 1. The molecule has 0 saturated heterocycles. The molecule has 0 amide bonds. The molecule has 0 aliphatic heterocycles. The summed E-state index contributed by atoms with van der Waals surface area (Å²) in [6.07, 6.45) is 3.58. The molecule has 2 heterocycles. The Bertz CT molecular complexity index is 1260. The zero-order valence-corrected chi connectivity index (χ0v) is 20.2. The Hall–Kier alpha value is -4.14. The molecule has 35 heavy (non-hydrogen) atoms. The number of carbonyl (C=O) groups excluding carboxylic acids is 1. The number of aromatic amines is 1. The van der Waals surface area contributed by atoms with Crippen molar-refractivity contribution in [1.29, 1.82) is 0 Å². The molecule has 4 aromatic rings. The minimum Gasteiger partial charge on any atom is -0.462 e. The molecule has 9 nitrogen and oxygen atoms in total. The highest BCUT2D eigenvalue weighted by Gasteiger charge is 2.18. The van der Waals surface area contributed by atoms with Crippen LogP contribution in [0.1, 0.15) is 61.3 Å². The molecular formula is C26H29N7O2. The first-order valence-electron chi connectivity index (χ1n) is 11.8. The Morgan fingerprint density at radius 3 is 2.54 bits per heavy atom. The highest BCUT2D eigenvalue weighted by Crippen LogP contribution is 2.30. The second-order valence-electron chi connectivity index (χ2n) is 8.25. The van der Waals surface area contributed by atoms with E-state index in [-0.39, 0.29) is 5.92 Å². The molecule has 1 atom stereocenters. The number of H-pyrrole nitrogens is 1. The van der Waals surface area contributed by atoms with Gasteiger partial charge in [-0.05, 0) is 40.5 Å². The number of rotatable bonds is 10. The first kappa shape index (κ1) is 24.0. The quantitative estimate of drug-likeness (QED) is 0.310. The summed E-state index contributed by atoms with van der Waals surface area (Å²) >= 11 is 0. The topological polar surface area (TPSA) is 119 Å². The zero-order chi connectivity index (χ0) is 24.6. The summed E-state index contributed by atoms with van der Waals surface area (Å²) in [7, 11) is 0. The summed E-state index contributed by atoms with van der Waals surface area (Å²) in [5.74, 6) is 1.60. The molecule has 0 aliphatic rings. The van der Waals surface area contributed by atoms with Crippen molar-refractivity contribution in [3.63, 3.8) is 0 Å². The Morgan fingerprint density at radius 1 is 1.09 bits per heavy atom. The number of benzene rings is 2. The molecule has 0 saturated carbocycles. The maximum atomic E-state index is 12.5. The van der Waals surface area contributed by atoms with Gasteiger partial charge in [0.15, 0.2) is 5.82 Å². The van der Waals surface area contributed by atoms with Gasteiger partial charge in [0.05, 0.1) is 6.61 Å². The van der Waals surface area contributed by atoms with Crippen molar-refractivity contribution in [2.75, 3.05) is 11.9 Å². The summed E-state index contributed by atoms with van der Waals surface area (Å²) in [6, 6.07) is 16.2. The van der Waals surface area contributed by atoms with Gasteiger partial charge >= 0.3 is 5.97 Å². The molecule has 0 fully saturated rings. The van der Waals surface area contributed by atoms with Crippen LogP contribution in [0.5, 0.6) is 0 Å². The molecule has 1 unspecified atom stereocenters. The molecule has 0 spiro atoms. The van der Waals surface area contributed by atoms with E-state index < -0.39 is 5.97 Å². The lowest BCUT2D eigenvalue weighted by Crippen LogP contribution is -2.14. The first-order valence-corrected chi connectivity index (χ1v) is 11.8. The van der Waals surface area contributed by atoms with Gasteiger partial charge in [-0.1, -0.05) is 68.8 Å². The Morgan fingerprint density at radius 2 is 1.86 bits per heavy atom. The number of aromatic nitrogens is 6. The number of ether oxygens (including phenoxy) is 1. The highest BCUT2D eigenvalue weighted by molar-refractivity contribution is 5.94. The van der Waals surface area contributed by atoms with Crippen LogP contribution in [0.15, 0.2) is 54.7 Å². The highest BCUT2D eigenvalue weighted by atomic mass is 16.5. The third kappa shape index (κ3) is 5.68. The molecule has 4 rings (SSSR count). The number of hydrogen-bond acceptors (Lipinski definition) is 8. The van der Waals surface area contributed by atoms with Gasteiger partial charge in [0.1, 0.15) is 17.2 Å². The molecule has 2 N–H and O–H groups in total. The van der Waals surface area contributed by atoms with Gasteiger partial charge in [0.2, 0.25) is 0 Å². The van der Waals surface area contributed by atoms with Crippen molar-refractivity contribution in [3.05, 3.63) is 71.7 Å². The van der Waals surface area contributed by atoms with Gasteiger partial charge in [-0.3, -0.25) is 0 Å². The van der Waals surface area contributed by atoms with Crippen LogP contribution in [-0.2, 0) is 11.3 Å². The van der Waals surface area contributed by atoms with Gasteiger partial charge in [-0.15, -0.1) is 5.10 Å². The first-order chi connectivity index (χ1) is 17.1. The van der Waals surface area contributed by atoms with Gasteiger partial charge in [-0.25, -0.2) is 19.9 Å². The van der Waals surface area contributed by atoms with Crippen molar-refractivity contribution in [3.8, 4) is 22.5 Å².